The summed E-state index contributed by atoms with van der Waals surface area (Å²) in [5, 5.41) is 0. The molecule has 0 heterocycles. The summed E-state index contributed by atoms with van der Waals surface area (Å²) in [6, 6.07) is 0. The third-order valence-electron chi connectivity index (χ3n) is 1.60. The molecule has 0 saturated heterocycles. The molecule has 4 nitrogen and oxygen atoms in total. The molecule has 0 saturated carbocycles. The summed E-state index contributed by atoms with van der Waals surface area (Å²) in [4.78, 5) is 13.3. The Kier molecular flexibility index (Phi) is 8.56. The fourth-order valence-corrected chi connectivity index (χ4v) is 3.76. The normalized spacial score (nSPS) is 11.7. The third-order valence-corrected chi connectivity index (χ3v) is 5.38. The monoisotopic (exact) mass is 249 g/mol. The smallest absolute Gasteiger partial charge is 0.380 e. The lowest BCUT2D eigenvalue weighted by atomic mass is 10.7. The Hall–Kier alpha value is -0.453. The highest BCUT2D eigenvalue weighted by Gasteiger charge is 2.33. The molecule has 0 atom stereocenters. The third kappa shape index (κ3) is 5.87. The lowest BCUT2D eigenvalue weighted by Crippen LogP contribution is -2.43. The van der Waals surface area contributed by atoms with Gasteiger partial charge in [-0.1, -0.05) is 6.08 Å². The Labute approximate surface area is 96.2 Å². The molecule has 0 amide bonds. The van der Waals surface area contributed by atoms with Gasteiger partial charge in [0, 0.05) is 13.2 Å². The van der Waals surface area contributed by atoms with Crippen molar-refractivity contribution in [2.24, 2.45) is 4.99 Å². The number of aliphatic imine (C=N–C) groups is 1. The quantitative estimate of drug-likeness (QED) is 0.285. The van der Waals surface area contributed by atoms with E-state index in [1.807, 2.05) is 19.5 Å². The highest BCUT2D eigenvalue weighted by Crippen LogP contribution is 2.11. The first-order valence-electron chi connectivity index (χ1n) is 4.79. The van der Waals surface area contributed by atoms with Gasteiger partial charge in [-0.05, 0) is 19.5 Å². The Morgan fingerprint density at radius 2 is 2.00 bits per heavy atom. The van der Waals surface area contributed by atoms with Crippen molar-refractivity contribution in [1.29, 1.82) is 0 Å². The largest absolute Gasteiger partial charge is 0.391 e. The second-order valence-corrected chi connectivity index (χ2v) is 6.25. The Balaban J connectivity index is 4.43. The van der Waals surface area contributed by atoms with Crippen LogP contribution in [0.4, 0.5) is 0 Å². The summed E-state index contributed by atoms with van der Waals surface area (Å²) < 4.78 is 11.1. The van der Waals surface area contributed by atoms with Crippen LogP contribution in [-0.2, 0) is 13.6 Å². The average Bonchev–Trinajstić information content (AvgIpc) is 2.25. The molecule has 0 rings (SSSR count). The molecule has 0 N–H and O–H groups in total. The first-order valence-corrected chi connectivity index (χ1v) is 7.43. The van der Waals surface area contributed by atoms with Crippen LogP contribution >= 0.6 is 11.6 Å². The van der Waals surface area contributed by atoms with Crippen molar-refractivity contribution in [2.45, 2.75) is 13.8 Å². The van der Waals surface area contributed by atoms with Gasteiger partial charge in [0.05, 0.1) is 12.0 Å². The summed E-state index contributed by atoms with van der Waals surface area (Å²) in [7, 11) is -2.42. The molecule has 0 spiro atoms. The van der Waals surface area contributed by atoms with Crippen LogP contribution in [-0.4, -0.2) is 39.9 Å². The fourth-order valence-electron chi connectivity index (χ4n) is 1.07. The number of alkyl halides is 1. The number of halogens is 1. The van der Waals surface area contributed by atoms with E-state index in [1.54, 1.807) is 6.08 Å². The van der Waals surface area contributed by atoms with E-state index < -0.39 is 8.56 Å². The molecule has 0 aliphatic heterocycles. The van der Waals surface area contributed by atoms with Gasteiger partial charge in [-0.15, -0.1) is 11.6 Å². The highest BCUT2D eigenvalue weighted by molar-refractivity contribution is 6.78. The molecule has 0 bridgehead atoms. The predicted molar refractivity (Wildman–Crippen MR) is 61.9 cm³/mol. The molecule has 15 heavy (non-hydrogen) atoms. The minimum absolute atomic E-state index is 0.287. The lowest BCUT2D eigenvalue weighted by molar-refractivity contribution is 0.199. The first kappa shape index (κ1) is 14.5. The average molecular weight is 250 g/mol. The zero-order chi connectivity index (χ0) is 11.6. The molecule has 6 heteroatoms. The van der Waals surface area contributed by atoms with Crippen molar-refractivity contribution in [1.82, 2.24) is 0 Å². The van der Waals surface area contributed by atoms with Crippen molar-refractivity contribution in [3.63, 3.8) is 0 Å². The maximum Gasteiger partial charge on any atom is 0.380 e. The molecule has 0 aliphatic rings. The van der Waals surface area contributed by atoms with E-state index in [1.165, 1.54) is 6.08 Å². The Bertz CT molecular complexity index is 236. The molecule has 0 aromatic heterocycles. The van der Waals surface area contributed by atoms with E-state index in [2.05, 4.69) is 4.99 Å². The Morgan fingerprint density at radius 3 is 2.40 bits per heavy atom. The van der Waals surface area contributed by atoms with Crippen LogP contribution in [0.5, 0.6) is 0 Å². The van der Waals surface area contributed by atoms with Gasteiger partial charge in [-0.25, -0.2) is 9.79 Å². The number of hydrogen-bond donors (Lipinski definition) is 0. The summed E-state index contributed by atoms with van der Waals surface area (Å²) in [5.74, 6) is 0. The molecule has 0 aromatic carbocycles. The summed E-state index contributed by atoms with van der Waals surface area (Å²) >= 11 is 5.85. The van der Waals surface area contributed by atoms with Crippen LogP contribution in [0.1, 0.15) is 13.8 Å². The standard InChI is InChI=1S/C9H16ClNO3Si/c1-3-13-15(8-10,14-4-2)7-5-6-11-9-12/h5,7H,3-4,6,8H2,1-2H3. The molecular weight excluding hydrogens is 234 g/mol. The van der Waals surface area contributed by atoms with Gasteiger partial charge in [0.25, 0.3) is 0 Å². The van der Waals surface area contributed by atoms with Crippen molar-refractivity contribution in [2.75, 3.05) is 25.3 Å². The van der Waals surface area contributed by atoms with Crippen LogP contribution in [0.25, 0.3) is 0 Å². The van der Waals surface area contributed by atoms with Gasteiger partial charge in [-0.3, -0.25) is 0 Å². The summed E-state index contributed by atoms with van der Waals surface area (Å²) in [6.45, 7) is 5.19. The van der Waals surface area contributed by atoms with Gasteiger partial charge in [0.15, 0.2) is 0 Å². The number of rotatable bonds is 8. The number of hydrogen-bond acceptors (Lipinski definition) is 4. The van der Waals surface area contributed by atoms with E-state index in [0.29, 0.717) is 18.7 Å². The maximum atomic E-state index is 9.85. The van der Waals surface area contributed by atoms with Crippen LogP contribution in [0.3, 0.4) is 0 Å². The minimum atomic E-state index is -2.42. The van der Waals surface area contributed by atoms with Gasteiger partial charge < -0.3 is 8.85 Å². The van der Waals surface area contributed by atoms with Crippen LogP contribution in [0.2, 0.25) is 0 Å². The van der Waals surface area contributed by atoms with Crippen molar-refractivity contribution in [3.05, 3.63) is 11.8 Å². The van der Waals surface area contributed by atoms with Crippen molar-refractivity contribution >= 4 is 26.2 Å². The minimum Gasteiger partial charge on any atom is -0.391 e. The van der Waals surface area contributed by atoms with Gasteiger partial charge in [-0.2, -0.15) is 0 Å². The van der Waals surface area contributed by atoms with E-state index >= 15 is 0 Å². The first-order chi connectivity index (χ1) is 7.24. The second-order valence-electron chi connectivity index (χ2n) is 2.65. The topological polar surface area (TPSA) is 47.9 Å². The number of nitrogens with zero attached hydrogens (tertiary/aromatic N) is 1. The van der Waals surface area contributed by atoms with E-state index in [9.17, 15) is 4.79 Å². The van der Waals surface area contributed by atoms with E-state index in [0.717, 1.165) is 0 Å². The summed E-state index contributed by atoms with van der Waals surface area (Å²) in [6.07, 6.45) is 3.19. The van der Waals surface area contributed by atoms with E-state index in [4.69, 9.17) is 20.5 Å². The van der Waals surface area contributed by atoms with E-state index in [-0.39, 0.29) is 6.54 Å². The SMILES string of the molecule is CCO[Si](C=CCN=C=O)(CCl)OCC. The second kappa shape index (κ2) is 8.82. The van der Waals surface area contributed by atoms with Crippen molar-refractivity contribution < 1.29 is 13.6 Å². The van der Waals surface area contributed by atoms with Crippen molar-refractivity contribution in [3.8, 4) is 0 Å². The van der Waals surface area contributed by atoms with Gasteiger partial charge >= 0.3 is 8.56 Å². The predicted octanol–water partition coefficient (Wildman–Crippen LogP) is 1.71. The summed E-state index contributed by atoms with van der Waals surface area (Å²) in [5.41, 5.74) is 2.14. The molecule has 0 radical (unpaired) electrons. The van der Waals surface area contributed by atoms with Crippen LogP contribution in [0.15, 0.2) is 16.8 Å². The van der Waals surface area contributed by atoms with Crippen LogP contribution in [0, 0.1) is 0 Å². The lowest BCUT2D eigenvalue weighted by Gasteiger charge is -2.24. The number of isocyanates is 1. The maximum absolute atomic E-state index is 9.85. The molecule has 86 valence electrons. The molecule has 0 aliphatic carbocycles. The zero-order valence-electron chi connectivity index (χ0n) is 9.03. The molecule has 0 fully saturated rings. The zero-order valence-corrected chi connectivity index (χ0v) is 10.8. The van der Waals surface area contributed by atoms with Crippen LogP contribution < -0.4 is 0 Å². The molecular formula is C9H16ClNO3Si. The Morgan fingerprint density at radius 1 is 1.40 bits per heavy atom. The molecule has 0 aromatic rings. The fraction of sp³-hybridized carbons (Fsp3) is 0.667. The van der Waals surface area contributed by atoms with Gasteiger partial charge in [0.2, 0.25) is 6.08 Å². The van der Waals surface area contributed by atoms with Gasteiger partial charge in [0.1, 0.15) is 0 Å². The number of carbonyl (C=O) groups excluding carboxylic acids is 1. The highest BCUT2D eigenvalue weighted by atomic mass is 35.5. The molecule has 0 unspecified atom stereocenters.